The van der Waals surface area contributed by atoms with Crippen molar-refractivity contribution in [2.75, 3.05) is 0 Å². The summed E-state index contributed by atoms with van der Waals surface area (Å²) in [6, 6.07) is 7.72. The van der Waals surface area contributed by atoms with Crippen LogP contribution in [0, 0.1) is 0 Å². The first kappa shape index (κ1) is 13.5. The summed E-state index contributed by atoms with van der Waals surface area (Å²) in [5, 5.41) is 0. The van der Waals surface area contributed by atoms with Crippen molar-refractivity contribution in [2.45, 2.75) is 32.9 Å². The van der Waals surface area contributed by atoms with Gasteiger partial charge in [0, 0.05) is 12.6 Å². The van der Waals surface area contributed by atoms with Gasteiger partial charge in [-0.15, -0.1) is 0 Å². The number of hydrogen-bond acceptors (Lipinski definition) is 3. The Balaban J connectivity index is 2.61. The highest BCUT2D eigenvalue weighted by atomic mass is 16.6. The number of nitrogens with two attached hydrogens (primary N) is 1. The minimum atomic E-state index is -0.454. The highest BCUT2D eigenvalue weighted by Gasteiger charge is 2.13. The van der Waals surface area contributed by atoms with Crippen LogP contribution in [-0.2, 0) is 16.1 Å². The molecule has 0 fully saturated rings. The monoisotopic (exact) mass is 233 g/mol. The maximum absolute atomic E-state index is 11.4. The molecule has 0 aliphatic heterocycles. The molecule has 2 N–H and O–H groups in total. The number of hydrogen-bond donors (Lipinski definition) is 1. The van der Waals surface area contributed by atoms with Crippen molar-refractivity contribution in [1.29, 1.82) is 0 Å². The van der Waals surface area contributed by atoms with Crippen molar-refractivity contribution in [3.05, 3.63) is 41.5 Å². The van der Waals surface area contributed by atoms with Crippen molar-refractivity contribution in [1.82, 2.24) is 0 Å². The fraction of sp³-hybridized carbons (Fsp3) is 0.357. The SMILES string of the molecule is CC(C)(C)OC(=O)/C=C/c1ccc(CN)cc1. The van der Waals surface area contributed by atoms with Gasteiger partial charge < -0.3 is 10.5 Å². The molecule has 1 aromatic carbocycles. The van der Waals surface area contributed by atoms with Gasteiger partial charge in [-0.1, -0.05) is 24.3 Å². The molecular weight excluding hydrogens is 214 g/mol. The van der Waals surface area contributed by atoms with E-state index in [1.165, 1.54) is 6.08 Å². The van der Waals surface area contributed by atoms with Gasteiger partial charge in [0.15, 0.2) is 0 Å². The first-order valence-corrected chi connectivity index (χ1v) is 5.61. The fourth-order valence-electron chi connectivity index (χ4n) is 1.26. The molecular formula is C14H19NO2. The predicted molar refractivity (Wildman–Crippen MR) is 69.2 cm³/mol. The van der Waals surface area contributed by atoms with Crippen LogP contribution in [0.4, 0.5) is 0 Å². The molecule has 0 unspecified atom stereocenters. The quantitative estimate of drug-likeness (QED) is 0.644. The highest BCUT2D eigenvalue weighted by Crippen LogP contribution is 2.09. The molecule has 0 spiro atoms. The molecule has 0 aliphatic rings. The summed E-state index contributed by atoms with van der Waals surface area (Å²) >= 11 is 0. The van der Waals surface area contributed by atoms with E-state index in [0.29, 0.717) is 6.54 Å². The molecule has 0 aromatic heterocycles. The van der Waals surface area contributed by atoms with Crippen LogP contribution in [-0.4, -0.2) is 11.6 Å². The van der Waals surface area contributed by atoms with Crippen LogP contribution < -0.4 is 5.73 Å². The normalized spacial score (nSPS) is 11.8. The number of carbonyl (C=O) groups excluding carboxylic acids is 1. The van der Waals surface area contributed by atoms with Crippen LogP contribution in [0.25, 0.3) is 6.08 Å². The van der Waals surface area contributed by atoms with E-state index in [4.69, 9.17) is 10.5 Å². The van der Waals surface area contributed by atoms with E-state index in [0.717, 1.165) is 11.1 Å². The molecule has 0 aliphatic carbocycles. The average Bonchev–Trinajstić information content (AvgIpc) is 2.25. The zero-order valence-electron chi connectivity index (χ0n) is 10.6. The third kappa shape index (κ3) is 5.31. The van der Waals surface area contributed by atoms with Gasteiger partial charge in [0.2, 0.25) is 0 Å². The Morgan fingerprint density at radius 2 is 1.88 bits per heavy atom. The van der Waals surface area contributed by atoms with E-state index >= 15 is 0 Å². The van der Waals surface area contributed by atoms with Gasteiger partial charge in [0.05, 0.1) is 0 Å². The molecule has 0 saturated heterocycles. The predicted octanol–water partition coefficient (Wildman–Crippen LogP) is 2.50. The lowest BCUT2D eigenvalue weighted by Gasteiger charge is -2.17. The molecule has 1 aromatic rings. The van der Waals surface area contributed by atoms with E-state index < -0.39 is 5.60 Å². The van der Waals surface area contributed by atoms with Crippen LogP contribution in [0.5, 0.6) is 0 Å². The number of benzene rings is 1. The largest absolute Gasteiger partial charge is 0.457 e. The van der Waals surface area contributed by atoms with Crippen LogP contribution >= 0.6 is 0 Å². The molecule has 3 nitrogen and oxygen atoms in total. The summed E-state index contributed by atoms with van der Waals surface area (Å²) in [5.74, 6) is -0.333. The topological polar surface area (TPSA) is 52.3 Å². The summed E-state index contributed by atoms with van der Waals surface area (Å²) < 4.78 is 5.16. The Hall–Kier alpha value is -1.61. The van der Waals surface area contributed by atoms with Gasteiger partial charge in [-0.3, -0.25) is 0 Å². The maximum atomic E-state index is 11.4. The van der Waals surface area contributed by atoms with Gasteiger partial charge in [-0.2, -0.15) is 0 Å². The van der Waals surface area contributed by atoms with Crippen LogP contribution in [0.15, 0.2) is 30.3 Å². The second-order valence-corrected chi connectivity index (χ2v) is 4.81. The summed E-state index contributed by atoms with van der Waals surface area (Å²) in [6.07, 6.45) is 3.16. The first-order chi connectivity index (χ1) is 7.90. The van der Waals surface area contributed by atoms with E-state index in [1.54, 1.807) is 6.08 Å². The summed E-state index contributed by atoms with van der Waals surface area (Å²) in [4.78, 5) is 11.4. The Morgan fingerprint density at radius 1 is 1.29 bits per heavy atom. The highest BCUT2D eigenvalue weighted by molar-refractivity contribution is 5.87. The third-order valence-corrected chi connectivity index (χ3v) is 2.03. The Labute approximate surface area is 102 Å². The van der Waals surface area contributed by atoms with Crippen LogP contribution in [0.3, 0.4) is 0 Å². The van der Waals surface area contributed by atoms with Crippen molar-refractivity contribution in [3.63, 3.8) is 0 Å². The number of esters is 1. The van der Waals surface area contributed by atoms with Gasteiger partial charge >= 0.3 is 5.97 Å². The summed E-state index contributed by atoms with van der Waals surface area (Å²) in [6.45, 7) is 6.05. The van der Waals surface area contributed by atoms with E-state index in [1.807, 2.05) is 45.0 Å². The molecule has 0 radical (unpaired) electrons. The second-order valence-electron chi connectivity index (χ2n) is 4.81. The van der Waals surface area contributed by atoms with Gasteiger partial charge in [-0.25, -0.2) is 4.79 Å². The van der Waals surface area contributed by atoms with Crippen LogP contribution in [0.2, 0.25) is 0 Å². The lowest BCUT2D eigenvalue weighted by Crippen LogP contribution is -2.22. The molecule has 3 heteroatoms. The van der Waals surface area contributed by atoms with E-state index in [-0.39, 0.29) is 5.97 Å². The minimum absolute atomic E-state index is 0.333. The molecule has 1 rings (SSSR count). The Kier molecular flexibility index (Phi) is 4.46. The number of carbonyl (C=O) groups is 1. The third-order valence-electron chi connectivity index (χ3n) is 2.03. The van der Waals surface area contributed by atoms with Crippen LogP contribution in [0.1, 0.15) is 31.9 Å². The Bertz CT molecular complexity index is 399. The molecule has 0 bridgehead atoms. The lowest BCUT2D eigenvalue weighted by atomic mass is 10.1. The lowest BCUT2D eigenvalue weighted by molar-refractivity contribution is -0.148. The molecule has 0 atom stereocenters. The summed E-state index contributed by atoms with van der Waals surface area (Å²) in [7, 11) is 0. The van der Waals surface area contributed by atoms with Crippen molar-refractivity contribution in [3.8, 4) is 0 Å². The fourth-order valence-corrected chi connectivity index (χ4v) is 1.26. The number of rotatable bonds is 3. The smallest absolute Gasteiger partial charge is 0.331 e. The second kappa shape index (κ2) is 5.64. The van der Waals surface area contributed by atoms with Gasteiger partial charge in [0.25, 0.3) is 0 Å². The number of ether oxygens (including phenoxy) is 1. The van der Waals surface area contributed by atoms with Crippen molar-refractivity contribution < 1.29 is 9.53 Å². The van der Waals surface area contributed by atoms with Crippen molar-refractivity contribution in [2.24, 2.45) is 5.73 Å². The van der Waals surface area contributed by atoms with Gasteiger partial charge in [-0.05, 0) is 38.0 Å². The van der Waals surface area contributed by atoms with Gasteiger partial charge in [0.1, 0.15) is 5.60 Å². The van der Waals surface area contributed by atoms with E-state index in [9.17, 15) is 4.79 Å². The molecule has 0 heterocycles. The molecule has 0 saturated carbocycles. The minimum Gasteiger partial charge on any atom is -0.457 e. The first-order valence-electron chi connectivity index (χ1n) is 5.61. The standard InChI is InChI=1S/C14H19NO2/c1-14(2,3)17-13(16)9-8-11-4-6-12(10-15)7-5-11/h4-9H,10,15H2,1-3H3/b9-8+. The summed E-state index contributed by atoms with van der Waals surface area (Å²) in [5.41, 5.74) is 7.07. The zero-order valence-corrected chi connectivity index (χ0v) is 10.6. The molecule has 17 heavy (non-hydrogen) atoms. The molecule has 0 amide bonds. The molecule has 92 valence electrons. The Morgan fingerprint density at radius 3 is 2.35 bits per heavy atom. The average molecular weight is 233 g/mol. The van der Waals surface area contributed by atoms with E-state index in [2.05, 4.69) is 0 Å². The van der Waals surface area contributed by atoms with Crippen molar-refractivity contribution >= 4 is 12.0 Å². The zero-order chi connectivity index (χ0) is 12.9. The maximum Gasteiger partial charge on any atom is 0.331 e.